The van der Waals surface area contributed by atoms with Gasteiger partial charge in [0.05, 0.1) is 34.9 Å². The van der Waals surface area contributed by atoms with Gasteiger partial charge in [0.25, 0.3) is 5.91 Å². The van der Waals surface area contributed by atoms with E-state index >= 15 is 0 Å². The number of fused-ring (bicyclic) bond motifs is 1. The molecule has 1 fully saturated rings. The molecule has 1 aromatic carbocycles. The number of aromatic nitrogens is 2. The predicted molar refractivity (Wildman–Crippen MR) is 131 cm³/mol. The van der Waals surface area contributed by atoms with E-state index in [0.29, 0.717) is 22.5 Å². The molecule has 0 aliphatic heterocycles. The van der Waals surface area contributed by atoms with Gasteiger partial charge in [0.2, 0.25) is 10.0 Å². The van der Waals surface area contributed by atoms with Crippen LogP contribution in [0, 0.1) is 5.41 Å². The van der Waals surface area contributed by atoms with E-state index in [1.54, 1.807) is 22.8 Å². The molecule has 3 aromatic rings. The first-order chi connectivity index (χ1) is 15.3. The molecule has 1 aliphatic rings. The van der Waals surface area contributed by atoms with Gasteiger partial charge >= 0.3 is 0 Å². The van der Waals surface area contributed by atoms with Crippen molar-refractivity contribution < 1.29 is 13.2 Å². The fraction of sp³-hybridized carbons (Fsp3) is 0.391. The molecular weight excluding hydrogens is 440 g/mol. The number of carbonyl (C=O) groups is 1. The first-order valence-electron chi connectivity index (χ1n) is 10.7. The minimum atomic E-state index is -3.46. The lowest BCUT2D eigenvalue weighted by Gasteiger charge is -2.39. The normalized spacial score (nSPS) is 22.4. The molecule has 176 valence electrons. The number of primary amides is 1. The quantitative estimate of drug-likeness (QED) is 0.436. The highest BCUT2D eigenvalue weighted by Gasteiger charge is 2.49. The van der Waals surface area contributed by atoms with Crippen LogP contribution in [0.4, 0.5) is 11.4 Å². The summed E-state index contributed by atoms with van der Waals surface area (Å²) in [6.45, 7) is 6.29. The van der Waals surface area contributed by atoms with Crippen molar-refractivity contribution in [2.45, 2.75) is 45.2 Å². The van der Waals surface area contributed by atoms with E-state index in [9.17, 15) is 13.2 Å². The molecule has 0 radical (unpaired) electrons. The smallest absolute Gasteiger partial charge is 0.252 e. The van der Waals surface area contributed by atoms with Gasteiger partial charge in [0, 0.05) is 34.3 Å². The van der Waals surface area contributed by atoms with Crippen LogP contribution in [-0.4, -0.2) is 41.8 Å². The summed E-state index contributed by atoms with van der Waals surface area (Å²) in [5, 5.41) is 7.91. The maximum Gasteiger partial charge on any atom is 0.252 e. The van der Waals surface area contributed by atoms with Crippen molar-refractivity contribution >= 4 is 32.8 Å². The zero-order valence-electron chi connectivity index (χ0n) is 19.2. The number of rotatable bonds is 6. The molecule has 4 rings (SSSR count). The SMILES string of the molecule is CC1(C)[C@H](Nc2c(C(N)=O)cnn3cc(-c4ccccc4NS(C)(=O)=O)cc23)CC[C@]1(C)N. The van der Waals surface area contributed by atoms with Gasteiger partial charge in [0.15, 0.2) is 0 Å². The molecule has 1 aliphatic carbocycles. The number of amides is 1. The van der Waals surface area contributed by atoms with E-state index in [1.165, 1.54) is 6.20 Å². The van der Waals surface area contributed by atoms with Crippen molar-refractivity contribution in [3.63, 3.8) is 0 Å². The second kappa shape index (κ2) is 7.74. The van der Waals surface area contributed by atoms with Crippen molar-refractivity contribution in [3.8, 4) is 11.1 Å². The molecule has 0 spiro atoms. The van der Waals surface area contributed by atoms with Gasteiger partial charge in [-0.15, -0.1) is 0 Å². The number of benzene rings is 1. The predicted octanol–water partition coefficient (Wildman–Crippen LogP) is 2.79. The van der Waals surface area contributed by atoms with Crippen LogP contribution in [0.2, 0.25) is 0 Å². The van der Waals surface area contributed by atoms with E-state index in [4.69, 9.17) is 11.5 Å². The van der Waals surface area contributed by atoms with Crippen LogP contribution in [0.5, 0.6) is 0 Å². The third-order valence-electron chi connectivity index (χ3n) is 7.05. The maximum absolute atomic E-state index is 12.2. The lowest BCUT2D eigenvalue weighted by molar-refractivity contribution is 0.100. The van der Waals surface area contributed by atoms with Crippen LogP contribution < -0.4 is 21.5 Å². The lowest BCUT2D eigenvalue weighted by Crippen LogP contribution is -2.51. The van der Waals surface area contributed by atoms with Crippen LogP contribution >= 0.6 is 0 Å². The zero-order chi connectivity index (χ0) is 24.2. The summed E-state index contributed by atoms with van der Waals surface area (Å²) in [6, 6.07) is 9.00. The number of nitrogens with zero attached hydrogens (tertiary/aromatic N) is 2. The van der Waals surface area contributed by atoms with Gasteiger partial charge in [0.1, 0.15) is 0 Å². The molecule has 0 bridgehead atoms. The molecule has 1 amide bonds. The van der Waals surface area contributed by atoms with Crippen LogP contribution in [0.3, 0.4) is 0 Å². The van der Waals surface area contributed by atoms with Crippen molar-refractivity contribution in [1.82, 2.24) is 9.61 Å². The minimum absolute atomic E-state index is 0.0225. The molecule has 0 unspecified atom stereocenters. The molecular formula is C23H30N6O3S. The number of anilines is 2. The van der Waals surface area contributed by atoms with E-state index < -0.39 is 15.9 Å². The second-order valence-electron chi connectivity index (χ2n) is 9.65. The molecule has 0 saturated heterocycles. The monoisotopic (exact) mass is 470 g/mol. The second-order valence-corrected chi connectivity index (χ2v) is 11.4. The Bertz CT molecular complexity index is 1340. The Morgan fingerprint density at radius 1 is 1.24 bits per heavy atom. The maximum atomic E-state index is 12.2. The fourth-order valence-corrected chi connectivity index (χ4v) is 5.10. The Hall–Kier alpha value is -3.11. The Balaban J connectivity index is 1.84. The van der Waals surface area contributed by atoms with Crippen LogP contribution in [0.1, 0.15) is 44.0 Å². The lowest BCUT2D eigenvalue weighted by atomic mass is 9.75. The van der Waals surface area contributed by atoms with Gasteiger partial charge in [-0.3, -0.25) is 9.52 Å². The summed E-state index contributed by atoms with van der Waals surface area (Å²) < 4.78 is 27.9. The number of hydrogen-bond acceptors (Lipinski definition) is 6. The first-order valence-corrected chi connectivity index (χ1v) is 12.6. The molecule has 6 N–H and O–H groups in total. The topological polar surface area (TPSA) is 145 Å². The van der Waals surface area contributed by atoms with Gasteiger partial charge in [-0.05, 0) is 31.9 Å². The molecule has 9 nitrogen and oxygen atoms in total. The largest absolute Gasteiger partial charge is 0.379 e. The number of hydrogen-bond donors (Lipinski definition) is 4. The minimum Gasteiger partial charge on any atom is -0.379 e. The Morgan fingerprint density at radius 2 is 1.94 bits per heavy atom. The number of carbonyl (C=O) groups excluding carboxylic acids is 1. The summed E-state index contributed by atoms with van der Waals surface area (Å²) in [7, 11) is -3.46. The van der Waals surface area contributed by atoms with E-state index in [-0.39, 0.29) is 22.6 Å². The Labute approximate surface area is 193 Å². The summed E-state index contributed by atoms with van der Waals surface area (Å²) >= 11 is 0. The van der Waals surface area contributed by atoms with E-state index in [2.05, 4.69) is 29.0 Å². The van der Waals surface area contributed by atoms with Crippen LogP contribution in [-0.2, 0) is 10.0 Å². The Kier molecular flexibility index (Phi) is 5.41. The van der Waals surface area contributed by atoms with E-state index in [0.717, 1.165) is 24.7 Å². The fourth-order valence-electron chi connectivity index (χ4n) is 4.52. The van der Waals surface area contributed by atoms with Crippen molar-refractivity contribution in [2.24, 2.45) is 16.9 Å². The summed E-state index contributed by atoms with van der Waals surface area (Å²) in [6.07, 6.45) is 6.05. The highest BCUT2D eigenvalue weighted by atomic mass is 32.2. The standard InChI is InChI=1S/C23H30N6O3S/c1-22(2)19(9-10-23(22,3)25)27-20-16(21(24)30)12-26-29-13-14(11-18(20)29)15-7-5-6-8-17(15)28-33(4,31)32/h5-8,11-13,19,27-28H,9-10,25H2,1-4H3,(H2,24,30)/t19-,23+/m1/s1. The number of para-hydroxylation sites is 1. The number of sulfonamides is 1. The Morgan fingerprint density at radius 3 is 2.55 bits per heavy atom. The summed E-state index contributed by atoms with van der Waals surface area (Å²) in [5.74, 6) is -0.583. The molecule has 2 aromatic heterocycles. The molecule has 2 heterocycles. The van der Waals surface area contributed by atoms with Crippen LogP contribution in [0.25, 0.3) is 16.6 Å². The van der Waals surface area contributed by atoms with Gasteiger partial charge in [-0.2, -0.15) is 5.10 Å². The van der Waals surface area contributed by atoms with Crippen LogP contribution in [0.15, 0.2) is 42.7 Å². The zero-order valence-corrected chi connectivity index (χ0v) is 20.0. The number of nitrogens with two attached hydrogens (primary N) is 2. The molecule has 33 heavy (non-hydrogen) atoms. The molecule has 1 saturated carbocycles. The van der Waals surface area contributed by atoms with Gasteiger partial charge in [-0.1, -0.05) is 32.0 Å². The van der Waals surface area contributed by atoms with Gasteiger partial charge < -0.3 is 16.8 Å². The summed E-state index contributed by atoms with van der Waals surface area (Å²) in [4.78, 5) is 12.2. The molecule has 10 heteroatoms. The van der Waals surface area contributed by atoms with E-state index in [1.807, 2.05) is 25.1 Å². The van der Waals surface area contributed by atoms with Gasteiger partial charge in [-0.25, -0.2) is 12.9 Å². The number of nitrogens with one attached hydrogen (secondary N) is 2. The van der Waals surface area contributed by atoms with Crippen molar-refractivity contribution in [2.75, 3.05) is 16.3 Å². The average molecular weight is 471 g/mol. The van der Waals surface area contributed by atoms with Crippen molar-refractivity contribution in [3.05, 3.63) is 48.3 Å². The summed E-state index contributed by atoms with van der Waals surface area (Å²) in [5.41, 5.74) is 15.1. The van der Waals surface area contributed by atoms with Crippen molar-refractivity contribution in [1.29, 1.82) is 0 Å². The molecule has 2 atom stereocenters. The average Bonchev–Trinajstić information content (AvgIpc) is 3.21. The third kappa shape index (κ3) is 4.16. The first kappa shape index (κ1) is 23.1. The third-order valence-corrected chi connectivity index (χ3v) is 7.64. The highest BCUT2D eigenvalue weighted by molar-refractivity contribution is 7.92. The highest BCUT2D eigenvalue weighted by Crippen LogP contribution is 2.46.